The Kier molecular flexibility index (Phi) is 2.46. The molecule has 16 heavy (non-hydrogen) atoms. The number of hydrogen-bond acceptors (Lipinski definition) is 4. The lowest BCUT2D eigenvalue weighted by molar-refractivity contribution is -0.187. The van der Waals surface area contributed by atoms with Gasteiger partial charge in [0.1, 0.15) is 0 Å². The second kappa shape index (κ2) is 3.84. The molecule has 3 rings (SSSR count). The first-order valence-corrected chi connectivity index (χ1v) is 5.82. The quantitative estimate of drug-likeness (QED) is 0.760. The highest BCUT2D eigenvalue weighted by Crippen LogP contribution is 2.39. The van der Waals surface area contributed by atoms with Crippen LogP contribution >= 0.6 is 0 Å². The van der Waals surface area contributed by atoms with Gasteiger partial charge in [0.15, 0.2) is 5.79 Å². The third kappa shape index (κ3) is 1.65. The van der Waals surface area contributed by atoms with E-state index >= 15 is 0 Å². The molecular weight excluding hydrogens is 206 g/mol. The van der Waals surface area contributed by atoms with Crippen LogP contribution in [0.15, 0.2) is 18.5 Å². The third-order valence-electron chi connectivity index (χ3n) is 3.55. The van der Waals surface area contributed by atoms with E-state index in [9.17, 15) is 0 Å². The zero-order valence-electron chi connectivity index (χ0n) is 9.21. The summed E-state index contributed by atoms with van der Waals surface area (Å²) in [5.41, 5.74) is 6.15. The molecule has 2 unspecified atom stereocenters. The van der Waals surface area contributed by atoms with Crippen molar-refractivity contribution in [3.63, 3.8) is 0 Å². The molecule has 2 N–H and O–H groups in total. The molecule has 5 heteroatoms. The smallest absolute Gasteiger partial charge is 0.170 e. The fraction of sp³-hybridized carbons (Fsp3) is 0.727. The van der Waals surface area contributed by atoms with Crippen molar-refractivity contribution >= 4 is 0 Å². The predicted octanol–water partition coefficient (Wildman–Crippen LogP) is 0.678. The van der Waals surface area contributed by atoms with Crippen molar-refractivity contribution in [2.45, 2.75) is 37.1 Å². The van der Waals surface area contributed by atoms with E-state index in [1.54, 1.807) is 6.20 Å². The molecule has 0 aromatic carbocycles. The Bertz CT molecular complexity index is 346. The van der Waals surface area contributed by atoms with Crippen molar-refractivity contribution < 1.29 is 9.47 Å². The topological polar surface area (TPSA) is 62.3 Å². The average Bonchev–Trinajstić information content (AvgIpc) is 2.94. The van der Waals surface area contributed by atoms with Crippen molar-refractivity contribution in [1.82, 2.24) is 9.78 Å². The third-order valence-corrected chi connectivity index (χ3v) is 3.55. The van der Waals surface area contributed by atoms with Gasteiger partial charge in [-0.15, -0.1) is 0 Å². The van der Waals surface area contributed by atoms with Crippen LogP contribution in [0.1, 0.15) is 25.3 Å². The Morgan fingerprint density at radius 1 is 1.38 bits per heavy atom. The fourth-order valence-corrected chi connectivity index (χ4v) is 2.68. The lowest BCUT2D eigenvalue weighted by Crippen LogP contribution is -2.46. The summed E-state index contributed by atoms with van der Waals surface area (Å²) >= 11 is 0. The standard InChI is InChI=1S/C11H17N3O2/c12-9-2-3-11(15-6-7-16-11)8-10(9)14-5-1-4-13-14/h1,4-5,9-10H,2-3,6-8,12H2. The van der Waals surface area contributed by atoms with Gasteiger partial charge in [-0.2, -0.15) is 5.10 Å². The molecule has 88 valence electrons. The second-order valence-electron chi connectivity index (χ2n) is 4.57. The molecule has 2 fully saturated rings. The van der Waals surface area contributed by atoms with E-state index in [0.29, 0.717) is 13.2 Å². The van der Waals surface area contributed by atoms with E-state index in [-0.39, 0.29) is 12.1 Å². The summed E-state index contributed by atoms with van der Waals surface area (Å²) in [4.78, 5) is 0. The Hall–Kier alpha value is -0.910. The Morgan fingerprint density at radius 3 is 2.88 bits per heavy atom. The Balaban J connectivity index is 1.81. The maximum Gasteiger partial charge on any atom is 0.170 e. The molecule has 1 saturated carbocycles. The Labute approximate surface area is 94.5 Å². The van der Waals surface area contributed by atoms with Gasteiger partial charge in [-0.1, -0.05) is 0 Å². The van der Waals surface area contributed by atoms with Crippen LogP contribution in [0, 0.1) is 0 Å². The summed E-state index contributed by atoms with van der Waals surface area (Å²) in [6.45, 7) is 1.39. The van der Waals surface area contributed by atoms with E-state index in [2.05, 4.69) is 5.10 Å². The van der Waals surface area contributed by atoms with Crippen molar-refractivity contribution in [1.29, 1.82) is 0 Å². The van der Waals surface area contributed by atoms with Crippen LogP contribution in [0.2, 0.25) is 0 Å². The molecule has 1 aliphatic carbocycles. The SMILES string of the molecule is NC1CCC2(CC1n1cccn1)OCCO2. The molecule has 1 aromatic rings. The maximum atomic E-state index is 6.15. The highest BCUT2D eigenvalue weighted by Gasteiger charge is 2.44. The monoisotopic (exact) mass is 223 g/mol. The van der Waals surface area contributed by atoms with Gasteiger partial charge in [0, 0.05) is 31.3 Å². The lowest BCUT2D eigenvalue weighted by atomic mass is 9.86. The average molecular weight is 223 g/mol. The second-order valence-corrected chi connectivity index (χ2v) is 4.57. The van der Waals surface area contributed by atoms with Gasteiger partial charge >= 0.3 is 0 Å². The molecule has 0 amide bonds. The highest BCUT2D eigenvalue weighted by atomic mass is 16.7. The summed E-state index contributed by atoms with van der Waals surface area (Å²) in [6.07, 6.45) is 6.36. The van der Waals surface area contributed by atoms with E-state index in [1.165, 1.54) is 0 Å². The number of ether oxygens (including phenoxy) is 2. The van der Waals surface area contributed by atoms with Crippen LogP contribution in [-0.4, -0.2) is 34.8 Å². The summed E-state index contributed by atoms with van der Waals surface area (Å²) in [5.74, 6) is -0.396. The Morgan fingerprint density at radius 2 is 2.19 bits per heavy atom. The van der Waals surface area contributed by atoms with Gasteiger partial charge in [-0.25, -0.2) is 0 Å². The number of aromatic nitrogens is 2. The molecule has 0 radical (unpaired) electrons. The minimum Gasteiger partial charge on any atom is -0.347 e. The van der Waals surface area contributed by atoms with Crippen LogP contribution in [-0.2, 0) is 9.47 Å². The molecule has 1 aromatic heterocycles. The normalized spacial score (nSPS) is 33.3. The zero-order valence-corrected chi connectivity index (χ0v) is 9.21. The van der Waals surface area contributed by atoms with Crippen LogP contribution in [0.3, 0.4) is 0 Å². The van der Waals surface area contributed by atoms with Crippen molar-refractivity contribution in [3.8, 4) is 0 Å². The molecule has 1 saturated heterocycles. The molecule has 2 aliphatic rings. The fourth-order valence-electron chi connectivity index (χ4n) is 2.68. The van der Waals surface area contributed by atoms with Crippen molar-refractivity contribution in [2.75, 3.05) is 13.2 Å². The van der Waals surface area contributed by atoms with Crippen LogP contribution in [0.5, 0.6) is 0 Å². The summed E-state index contributed by atoms with van der Waals surface area (Å²) in [5, 5.41) is 4.27. The van der Waals surface area contributed by atoms with E-state index in [1.807, 2.05) is 16.9 Å². The van der Waals surface area contributed by atoms with Gasteiger partial charge in [0.25, 0.3) is 0 Å². The first kappa shape index (κ1) is 10.3. The number of hydrogen-bond donors (Lipinski definition) is 1. The molecular formula is C11H17N3O2. The molecule has 2 atom stereocenters. The van der Waals surface area contributed by atoms with Crippen molar-refractivity contribution in [2.24, 2.45) is 5.73 Å². The van der Waals surface area contributed by atoms with Gasteiger partial charge in [0.2, 0.25) is 0 Å². The lowest BCUT2D eigenvalue weighted by Gasteiger charge is -2.39. The summed E-state index contributed by atoms with van der Waals surface area (Å²) < 4.78 is 13.4. The van der Waals surface area contributed by atoms with E-state index in [4.69, 9.17) is 15.2 Å². The first-order chi connectivity index (χ1) is 7.79. The van der Waals surface area contributed by atoms with Gasteiger partial charge in [0.05, 0.1) is 19.3 Å². The summed E-state index contributed by atoms with van der Waals surface area (Å²) in [6, 6.07) is 2.24. The molecule has 1 aliphatic heterocycles. The number of nitrogens with zero attached hydrogens (tertiary/aromatic N) is 2. The van der Waals surface area contributed by atoms with Crippen LogP contribution < -0.4 is 5.73 Å². The first-order valence-electron chi connectivity index (χ1n) is 5.82. The number of rotatable bonds is 1. The summed E-state index contributed by atoms with van der Waals surface area (Å²) in [7, 11) is 0. The minimum atomic E-state index is -0.396. The highest BCUT2D eigenvalue weighted by molar-refractivity contribution is 4.94. The largest absolute Gasteiger partial charge is 0.347 e. The van der Waals surface area contributed by atoms with Gasteiger partial charge in [-0.3, -0.25) is 4.68 Å². The van der Waals surface area contributed by atoms with Gasteiger partial charge in [-0.05, 0) is 12.5 Å². The molecule has 1 spiro atoms. The van der Waals surface area contributed by atoms with E-state index < -0.39 is 5.79 Å². The van der Waals surface area contributed by atoms with E-state index in [0.717, 1.165) is 19.3 Å². The number of nitrogens with two attached hydrogens (primary N) is 1. The minimum absolute atomic E-state index is 0.137. The van der Waals surface area contributed by atoms with Crippen LogP contribution in [0.4, 0.5) is 0 Å². The maximum absolute atomic E-state index is 6.15. The predicted molar refractivity (Wildman–Crippen MR) is 57.7 cm³/mol. The molecule has 0 bridgehead atoms. The molecule has 5 nitrogen and oxygen atoms in total. The molecule has 2 heterocycles. The van der Waals surface area contributed by atoms with Crippen LogP contribution in [0.25, 0.3) is 0 Å². The van der Waals surface area contributed by atoms with Gasteiger partial charge < -0.3 is 15.2 Å². The zero-order chi connectivity index (χ0) is 11.0. The van der Waals surface area contributed by atoms with Crippen molar-refractivity contribution in [3.05, 3.63) is 18.5 Å².